The van der Waals surface area contributed by atoms with Crippen molar-refractivity contribution in [2.75, 3.05) is 6.54 Å². The van der Waals surface area contributed by atoms with E-state index in [0.29, 0.717) is 0 Å². The molecule has 0 spiro atoms. The third-order valence-corrected chi connectivity index (χ3v) is 4.00. The van der Waals surface area contributed by atoms with Gasteiger partial charge in [0.2, 0.25) is 5.91 Å². The van der Waals surface area contributed by atoms with Gasteiger partial charge in [0.1, 0.15) is 0 Å². The lowest BCUT2D eigenvalue weighted by Crippen LogP contribution is -2.53. The van der Waals surface area contributed by atoms with Crippen LogP contribution in [0.4, 0.5) is 0 Å². The molecule has 0 bridgehead atoms. The highest BCUT2D eigenvalue weighted by molar-refractivity contribution is 5.87. The fraction of sp³-hybridized carbons (Fsp3) is 0.562. The number of nitrogens with one attached hydrogen (secondary N) is 2. The molecule has 1 unspecified atom stereocenters. The van der Waals surface area contributed by atoms with Crippen LogP contribution in [0.1, 0.15) is 51.1 Å². The Balaban J connectivity index is 2.03. The van der Waals surface area contributed by atoms with Gasteiger partial charge in [-0.3, -0.25) is 4.79 Å². The number of rotatable bonds is 5. The fourth-order valence-electron chi connectivity index (χ4n) is 2.91. The predicted octanol–water partition coefficient (Wildman–Crippen LogP) is 2.79. The highest BCUT2D eigenvalue weighted by atomic mass is 16.2. The quantitative estimate of drug-likeness (QED) is 0.854. The topological polar surface area (TPSA) is 41.1 Å². The Hall–Kier alpha value is -1.35. The molecule has 2 N–H and O–H groups in total. The molecule has 1 heterocycles. The zero-order valence-electron chi connectivity index (χ0n) is 11.9. The average Bonchev–Trinajstić information content (AvgIpc) is 2.90. The molecule has 1 saturated heterocycles. The molecule has 0 radical (unpaired) electrons. The van der Waals surface area contributed by atoms with Gasteiger partial charge in [0.25, 0.3) is 0 Å². The number of hydrogen-bond acceptors (Lipinski definition) is 2. The van der Waals surface area contributed by atoms with Gasteiger partial charge < -0.3 is 10.6 Å². The second-order valence-corrected chi connectivity index (χ2v) is 5.47. The van der Waals surface area contributed by atoms with Crippen molar-refractivity contribution in [1.29, 1.82) is 0 Å². The van der Waals surface area contributed by atoms with E-state index in [-0.39, 0.29) is 17.5 Å². The first-order valence-electron chi connectivity index (χ1n) is 7.29. The van der Waals surface area contributed by atoms with Crippen LogP contribution in [0.2, 0.25) is 0 Å². The standard InChI is InChI=1S/C16H24N2O/c1-3-10-16(11-7-12-17-16)15(19)18-13(2)14-8-5-4-6-9-14/h4-6,8-9,13,17H,3,7,10-12H2,1-2H3,(H,18,19)/t13-,16?/m0/s1. The first-order valence-corrected chi connectivity index (χ1v) is 7.29. The highest BCUT2D eigenvalue weighted by Gasteiger charge is 2.40. The Morgan fingerprint density at radius 3 is 2.74 bits per heavy atom. The molecule has 1 aliphatic rings. The maximum absolute atomic E-state index is 12.6. The lowest BCUT2D eigenvalue weighted by atomic mass is 9.90. The van der Waals surface area contributed by atoms with Crippen LogP contribution in [0.15, 0.2) is 30.3 Å². The normalized spacial score (nSPS) is 24.1. The van der Waals surface area contributed by atoms with Gasteiger partial charge in [-0.2, -0.15) is 0 Å². The van der Waals surface area contributed by atoms with Gasteiger partial charge in [0, 0.05) is 0 Å². The average molecular weight is 260 g/mol. The van der Waals surface area contributed by atoms with Crippen LogP contribution < -0.4 is 10.6 Å². The Morgan fingerprint density at radius 2 is 2.16 bits per heavy atom. The summed E-state index contributed by atoms with van der Waals surface area (Å²) < 4.78 is 0. The van der Waals surface area contributed by atoms with Gasteiger partial charge in [0.05, 0.1) is 11.6 Å². The summed E-state index contributed by atoms with van der Waals surface area (Å²) in [6, 6.07) is 10.2. The Labute approximate surface area is 115 Å². The molecule has 1 aliphatic heterocycles. The molecule has 19 heavy (non-hydrogen) atoms. The Bertz CT molecular complexity index is 410. The van der Waals surface area contributed by atoms with E-state index in [0.717, 1.165) is 37.8 Å². The molecule has 3 nitrogen and oxygen atoms in total. The van der Waals surface area contributed by atoms with Crippen molar-refractivity contribution in [3.63, 3.8) is 0 Å². The number of carbonyl (C=O) groups excluding carboxylic acids is 1. The molecule has 104 valence electrons. The molecule has 0 saturated carbocycles. The van der Waals surface area contributed by atoms with E-state index in [1.165, 1.54) is 0 Å². The molecule has 1 fully saturated rings. The molecule has 0 aliphatic carbocycles. The molecule has 2 atom stereocenters. The third-order valence-electron chi connectivity index (χ3n) is 4.00. The van der Waals surface area contributed by atoms with Gasteiger partial charge in [0.15, 0.2) is 0 Å². The maximum Gasteiger partial charge on any atom is 0.240 e. The van der Waals surface area contributed by atoms with Crippen molar-refractivity contribution in [1.82, 2.24) is 10.6 Å². The predicted molar refractivity (Wildman–Crippen MR) is 77.9 cm³/mol. The van der Waals surface area contributed by atoms with Crippen LogP contribution in [0.3, 0.4) is 0 Å². The SMILES string of the molecule is CCCC1(C(=O)N[C@@H](C)c2ccccc2)CCCN1. The van der Waals surface area contributed by atoms with Crippen LogP contribution in [0.25, 0.3) is 0 Å². The number of carbonyl (C=O) groups is 1. The molecule has 1 aromatic carbocycles. The summed E-state index contributed by atoms with van der Waals surface area (Å²) >= 11 is 0. The molecule has 0 aromatic heterocycles. The summed E-state index contributed by atoms with van der Waals surface area (Å²) in [6.07, 6.45) is 3.99. The van der Waals surface area contributed by atoms with Crippen molar-refractivity contribution in [2.45, 2.75) is 51.1 Å². The Kier molecular flexibility index (Phi) is 4.59. The second kappa shape index (κ2) is 6.20. The first kappa shape index (κ1) is 14.1. The molecule has 1 amide bonds. The van der Waals surface area contributed by atoms with E-state index in [1.807, 2.05) is 25.1 Å². The largest absolute Gasteiger partial charge is 0.348 e. The minimum atomic E-state index is -0.336. The van der Waals surface area contributed by atoms with Crippen LogP contribution >= 0.6 is 0 Å². The van der Waals surface area contributed by atoms with Gasteiger partial charge in [-0.15, -0.1) is 0 Å². The van der Waals surface area contributed by atoms with E-state index in [1.54, 1.807) is 0 Å². The zero-order valence-corrected chi connectivity index (χ0v) is 11.9. The lowest BCUT2D eigenvalue weighted by Gasteiger charge is -2.29. The summed E-state index contributed by atoms with van der Waals surface area (Å²) in [7, 11) is 0. The first-order chi connectivity index (χ1) is 9.18. The van der Waals surface area contributed by atoms with Gasteiger partial charge in [-0.25, -0.2) is 0 Å². The smallest absolute Gasteiger partial charge is 0.240 e. The second-order valence-electron chi connectivity index (χ2n) is 5.47. The Morgan fingerprint density at radius 1 is 1.42 bits per heavy atom. The van der Waals surface area contributed by atoms with Crippen LogP contribution in [-0.4, -0.2) is 18.0 Å². The molecular formula is C16H24N2O. The van der Waals surface area contributed by atoms with Crippen LogP contribution in [0, 0.1) is 0 Å². The van der Waals surface area contributed by atoms with Crippen molar-refractivity contribution in [2.24, 2.45) is 0 Å². The number of benzene rings is 1. The van der Waals surface area contributed by atoms with E-state index >= 15 is 0 Å². The van der Waals surface area contributed by atoms with Crippen molar-refractivity contribution in [3.05, 3.63) is 35.9 Å². The molecular weight excluding hydrogens is 236 g/mol. The molecule has 2 rings (SSSR count). The third kappa shape index (κ3) is 3.16. The van der Waals surface area contributed by atoms with E-state index in [2.05, 4.69) is 29.7 Å². The summed E-state index contributed by atoms with van der Waals surface area (Å²) in [6.45, 7) is 5.13. The minimum absolute atomic E-state index is 0.0600. The molecule has 1 aromatic rings. The molecule has 3 heteroatoms. The highest BCUT2D eigenvalue weighted by Crippen LogP contribution is 2.26. The van der Waals surface area contributed by atoms with Crippen LogP contribution in [-0.2, 0) is 4.79 Å². The van der Waals surface area contributed by atoms with Crippen molar-refractivity contribution in [3.8, 4) is 0 Å². The number of amides is 1. The fourth-order valence-corrected chi connectivity index (χ4v) is 2.91. The van der Waals surface area contributed by atoms with Crippen molar-refractivity contribution >= 4 is 5.91 Å². The van der Waals surface area contributed by atoms with Gasteiger partial charge >= 0.3 is 0 Å². The monoisotopic (exact) mass is 260 g/mol. The summed E-state index contributed by atoms with van der Waals surface area (Å²) in [4.78, 5) is 12.6. The summed E-state index contributed by atoms with van der Waals surface area (Å²) in [5.41, 5.74) is 0.818. The van der Waals surface area contributed by atoms with Crippen molar-refractivity contribution < 1.29 is 4.79 Å². The summed E-state index contributed by atoms with van der Waals surface area (Å²) in [5.74, 6) is 0.156. The van der Waals surface area contributed by atoms with Crippen LogP contribution in [0.5, 0.6) is 0 Å². The van der Waals surface area contributed by atoms with E-state index in [9.17, 15) is 4.79 Å². The van der Waals surface area contributed by atoms with E-state index in [4.69, 9.17) is 0 Å². The van der Waals surface area contributed by atoms with Gasteiger partial charge in [-0.05, 0) is 38.3 Å². The zero-order chi connectivity index (χ0) is 13.7. The number of hydrogen-bond donors (Lipinski definition) is 2. The summed E-state index contributed by atoms with van der Waals surface area (Å²) in [5, 5.41) is 6.58. The maximum atomic E-state index is 12.6. The minimum Gasteiger partial charge on any atom is -0.348 e. The van der Waals surface area contributed by atoms with Gasteiger partial charge in [-0.1, -0.05) is 43.7 Å². The van der Waals surface area contributed by atoms with E-state index < -0.39 is 0 Å². The lowest BCUT2D eigenvalue weighted by molar-refractivity contribution is -0.128.